The summed E-state index contributed by atoms with van der Waals surface area (Å²) in [5.74, 6) is 0.960. The van der Waals surface area contributed by atoms with E-state index < -0.39 is 12.0 Å². The first-order chi connectivity index (χ1) is 13.5. The van der Waals surface area contributed by atoms with Gasteiger partial charge in [-0.15, -0.1) is 0 Å². The van der Waals surface area contributed by atoms with Gasteiger partial charge in [0.05, 0.1) is 0 Å². The maximum atomic E-state index is 12.4. The van der Waals surface area contributed by atoms with Crippen LogP contribution in [-0.2, 0) is 4.79 Å². The number of rotatable bonds is 7. The van der Waals surface area contributed by atoms with E-state index in [4.69, 9.17) is 15.2 Å². The Labute approximate surface area is 162 Å². The molecule has 0 aliphatic carbocycles. The molecular formula is C22H20N2O4. The van der Waals surface area contributed by atoms with Gasteiger partial charge in [0.1, 0.15) is 17.2 Å². The van der Waals surface area contributed by atoms with Gasteiger partial charge < -0.3 is 20.5 Å². The van der Waals surface area contributed by atoms with Gasteiger partial charge in [-0.25, -0.2) is 0 Å². The SMILES string of the molecule is C[C@@H](Oc1ccc(C(N)=O)cc1)C(=O)Nc1cccc(Oc2ccccc2)c1. The van der Waals surface area contributed by atoms with Crippen LogP contribution in [-0.4, -0.2) is 17.9 Å². The van der Waals surface area contributed by atoms with Crippen molar-refractivity contribution in [2.45, 2.75) is 13.0 Å². The molecule has 0 fully saturated rings. The van der Waals surface area contributed by atoms with Gasteiger partial charge in [-0.2, -0.15) is 0 Å². The molecule has 3 aromatic rings. The number of nitrogens with one attached hydrogen (secondary N) is 1. The molecule has 3 rings (SSSR count). The van der Waals surface area contributed by atoms with Crippen molar-refractivity contribution in [3.05, 3.63) is 84.4 Å². The Morgan fingerprint density at radius 2 is 1.54 bits per heavy atom. The number of hydrogen-bond donors (Lipinski definition) is 2. The minimum atomic E-state index is -0.738. The lowest BCUT2D eigenvalue weighted by Crippen LogP contribution is -2.30. The Bertz CT molecular complexity index is 956. The summed E-state index contributed by atoms with van der Waals surface area (Å²) in [5.41, 5.74) is 6.18. The van der Waals surface area contributed by atoms with Crippen LogP contribution in [0.1, 0.15) is 17.3 Å². The van der Waals surface area contributed by atoms with E-state index >= 15 is 0 Å². The predicted molar refractivity (Wildman–Crippen MR) is 107 cm³/mol. The zero-order valence-corrected chi connectivity index (χ0v) is 15.3. The smallest absolute Gasteiger partial charge is 0.265 e. The number of carbonyl (C=O) groups is 2. The molecule has 0 saturated heterocycles. The molecule has 0 aromatic heterocycles. The van der Waals surface area contributed by atoms with Crippen LogP contribution < -0.4 is 20.5 Å². The second kappa shape index (κ2) is 8.73. The summed E-state index contributed by atoms with van der Waals surface area (Å²) in [6.45, 7) is 1.64. The third-order valence-electron chi connectivity index (χ3n) is 3.90. The standard InChI is InChI=1S/C22H20N2O4/c1-15(27-19-12-10-16(11-13-19)21(23)25)22(26)24-17-6-5-9-20(14-17)28-18-7-3-2-4-8-18/h2-15H,1H3,(H2,23,25)(H,24,26)/t15-/m1/s1. The molecule has 0 spiro atoms. The van der Waals surface area contributed by atoms with Crippen LogP contribution in [0.25, 0.3) is 0 Å². The largest absolute Gasteiger partial charge is 0.481 e. The molecule has 0 aliphatic heterocycles. The van der Waals surface area contributed by atoms with E-state index in [-0.39, 0.29) is 5.91 Å². The molecule has 6 nitrogen and oxygen atoms in total. The number of hydrogen-bond acceptors (Lipinski definition) is 4. The molecular weight excluding hydrogens is 356 g/mol. The summed E-state index contributed by atoms with van der Waals surface area (Å²) in [5, 5.41) is 2.80. The Morgan fingerprint density at radius 3 is 2.21 bits per heavy atom. The van der Waals surface area contributed by atoms with Crippen molar-refractivity contribution >= 4 is 17.5 Å². The van der Waals surface area contributed by atoms with Crippen molar-refractivity contribution in [3.8, 4) is 17.2 Å². The maximum Gasteiger partial charge on any atom is 0.265 e. The minimum absolute atomic E-state index is 0.309. The second-order valence-electron chi connectivity index (χ2n) is 6.08. The van der Waals surface area contributed by atoms with Crippen molar-refractivity contribution < 1.29 is 19.1 Å². The van der Waals surface area contributed by atoms with Crippen LogP contribution in [0.15, 0.2) is 78.9 Å². The lowest BCUT2D eigenvalue weighted by atomic mass is 10.2. The van der Waals surface area contributed by atoms with E-state index in [0.29, 0.717) is 28.5 Å². The zero-order chi connectivity index (χ0) is 19.9. The van der Waals surface area contributed by atoms with Crippen LogP contribution in [0.3, 0.4) is 0 Å². The molecule has 0 heterocycles. The molecule has 2 amide bonds. The van der Waals surface area contributed by atoms with Gasteiger partial charge in [-0.05, 0) is 55.5 Å². The van der Waals surface area contributed by atoms with E-state index in [1.807, 2.05) is 36.4 Å². The quantitative estimate of drug-likeness (QED) is 0.652. The number of primary amides is 1. The Kier molecular flexibility index (Phi) is 5.91. The highest BCUT2D eigenvalue weighted by Crippen LogP contribution is 2.24. The van der Waals surface area contributed by atoms with E-state index in [1.165, 1.54) is 0 Å². The van der Waals surface area contributed by atoms with Crippen LogP contribution in [0.2, 0.25) is 0 Å². The Hall–Kier alpha value is -3.80. The summed E-state index contributed by atoms with van der Waals surface area (Å²) in [4.78, 5) is 23.5. The zero-order valence-electron chi connectivity index (χ0n) is 15.3. The fraction of sp³-hybridized carbons (Fsp3) is 0.0909. The molecule has 0 radical (unpaired) electrons. The highest BCUT2D eigenvalue weighted by molar-refractivity contribution is 5.94. The van der Waals surface area contributed by atoms with Crippen LogP contribution >= 0.6 is 0 Å². The van der Waals surface area contributed by atoms with Gasteiger partial charge in [-0.1, -0.05) is 24.3 Å². The number of anilines is 1. The van der Waals surface area contributed by atoms with Gasteiger partial charge in [0.15, 0.2) is 6.10 Å². The van der Waals surface area contributed by atoms with Gasteiger partial charge in [0.2, 0.25) is 5.91 Å². The lowest BCUT2D eigenvalue weighted by molar-refractivity contribution is -0.122. The monoisotopic (exact) mass is 376 g/mol. The second-order valence-corrected chi connectivity index (χ2v) is 6.08. The van der Waals surface area contributed by atoms with Crippen molar-refractivity contribution in [1.29, 1.82) is 0 Å². The summed E-state index contributed by atoms with van der Waals surface area (Å²) in [7, 11) is 0. The van der Waals surface area contributed by atoms with Crippen molar-refractivity contribution in [2.75, 3.05) is 5.32 Å². The third kappa shape index (κ3) is 5.11. The van der Waals surface area contributed by atoms with Crippen molar-refractivity contribution in [1.82, 2.24) is 0 Å². The van der Waals surface area contributed by atoms with Crippen LogP contribution in [0, 0.1) is 0 Å². The van der Waals surface area contributed by atoms with E-state index in [0.717, 1.165) is 0 Å². The molecule has 0 aliphatic rings. The highest BCUT2D eigenvalue weighted by atomic mass is 16.5. The Morgan fingerprint density at radius 1 is 0.857 bits per heavy atom. The maximum absolute atomic E-state index is 12.4. The van der Waals surface area contributed by atoms with Crippen molar-refractivity contribution in [2.24, 2.45) is 5.73 Å². The summed E-state index contributed by atoms with van der Waals surface area (Å²) < 4.78 is 11.4. The molecule has 3 aromatic carbocycles. The summed E-state index contributed by atoms with van der Waals surface area (Å²) >= 11 is 0. The Balaban J connectivity index is 1.60. The van der Waals surface area contributed by atoms with Gasteiger partial charge >= 0.3 is 0 Å². The number of para-hydroxylation sites is 1. The van der Waals surface area contributed by atoms with E-state index in [1.54, 1.807) is 49.4 Å². The number of benzene rings is 3. The summed E-state index contributed by atoms with van der Waals surface area (Å²) in [6, 6.07) is 22.8. The normalized spacial score (nSPS) is 11.3. The average Bonchev–Trinajstić information content (AvgIpc) is 2.69. The molecule has 142 valence electrons. The molecule has 1 atom stereocenters. The van der Waals surface area contributed by atoms with E-state index in [9.17, 15) is 9.59 Å². The van der Waals surface area contributed by atoms with Crippen LogP contribution in [0.4, 0.5) is 5.69 Å². The fourth-order valence-electron chi connectivity index (χ4n) is 2.46. The molecule has 0 unspecified atom stereocenters. The van der Waals surface area contributed by atoms with Gasteiger partial charge in [-0.3, -0.25) is 9.59 Å². The average molecular weight is 376 g/mol. The molecule has 0 bridgehead atoms. The predicted octanol–water partition coefficient (Wildman–Crippen LogP) is 3.98. The molecule has 28 heavy (non-hydrogen) atoms. The number of amides is 2. The van der Waals surface area contributed by atoms with Crippen LogP contribution in [0.5, 0.6) is 17.2 Å². The number of nitrogens with two attached hydrogens (primary N) is 1. The topological polar surface area (TPSA) is 90.7 Å². The number of ether oxygens (including phenoxy) is 2. The third-order valence-corrected chi connectivity index (χ3v) is 3.90. The summed E-state index contributed by atoms with van der Waals surface area (Å²) in [6.07, 6.45) is -0.738. The first-order valence-electron chi connectivity index (χ1n) is 8.71. The molecule has 6 heteroatoms. The molecule has 0 saturated carbocycles. The first-order valence-corrected chi connectivity index (χ1v) is 8.71. The highest BCUT2D eigenvalue weighted by Gasteiger charge is 2.15. The van der Waals surface area contributed by atoms with E-state index in [2.05, 4.69) is 5.32 Å². The number of carbonyl (C=O) groups excluding carboxylic acids is 2. The van der Waals surface area contributed by atoms with Gasteiger partial charge in [0.25, 0.3) is 5.91 Å². The minimum Gasteiger partial charge on any atom is -0.481 e. The fourth-order valence-corrected chi connectivity index (χ4v) is 2.46. The van der Waals surface area contributed by atoms with Gasteiger partial charge in [0, 0.05) is 17.3 Å². The lowest BCUT2D eigenvalue weighted by Gasteiger charge is -2.15. The first kappa shape index (κ1) is 19.0. The van der Waals surface area contributed by atoms with Crippen molar-refractivity contribution in [3.63, 3.8) is 0 Å². The molecule has 3 N–H and O–H groups in total.